The van der Waals surface area contributed by atoms with Gasteiger partial charge in [-0.15, -0.1) is 0 Å². The van der Waals surface area contributed by atoms with E-state index in [-0.39, 0.29) is 24.3 Å². The van der Waals surface area contributed by atoms with Gasteiger partial charge in [-0.1, -0.05) is 28.1 Å². The van der Waals surface area contributed by atoms with Crippen LogP contribution in [-0.4, -0.2) is 43.4 Å². The van der Waals surface area contributed by atoms with E-state index in [0.29, 0.717) is 29.2 Å². The summed E-state index contributed by atoms with van der Waals surface area (Å²) in [4.78, 5) is 28.7. The number of ether oxygens (including phenoxy) is 3. The predicted octanol–water partition coefficient (Wildman–Crippen LogP) is 4.74. The number of benzene rings is 2. The molecule has 3 aliphatic rings. The van der Waals surface area contributed by atoms with Crippen LogP contribution in [-0.2, 0) is 24.5 Å². The van der Waals surface area contributed by atoms with Gasteiger partial charge in [0.1, 0.15) is 5.75 Å². The van der Waals surface area contributed by atoms with E-state index < -0.39 is 23.1 Å². The molecule has 1 amide bonds. The summed E-state index contributed by atoms with van der Waals surface area (Å²) < 4.78 is 18.3. The van der Waals surface area contributed by atoms with Crippen molar-refractivity contribution in [1.82, 2.24) is 0 Å². The molecule has 2 aromatic rings. The van der Waals surface area contributed by atoms with E-state index in [2.05, 4.69) is 15.9 Å². The Kier molecular flexibility index (Phi) is 6.00. The van der Waals surface area contributed by atoms with Crippen LogP contribution in [0.25, 0.3) is 0 Å². The smallest absolute Gasteiger partial charge is 0.294 e. The van der Waals surface area contributed by atoms with Gasteiger partial charge in [-0.05, 0) is 62.1 Å². The molecule has 3 atom stereocenters. The first kappa shape index (κ1) is 23.1. The van der Waals surface area contributed by atoms with Crippen LogP contribution in [0.4, 0.5) is 5.69 Å². The first-order chi connectivity index (χ1) is 16.4. The average Bonchev–Trinajstić information content (AvgIpc) is 3.12. The number of hydrogen-bond donors (Lipinski definition) is 1. The SMILES string of the molecule is COc1cccc2c1C1C(=C(O)C(=O)N1c1ccc(Br)cc1)C(=O)C2(C)COC1CCCCO1. The molecule has 0 radical (unpaired) electrons. The third-order valence-electron chi connectivity index (χ3n) is 6.91. The van der Waals surface area contributed by atoms with Crippen molar-refractivity contribution < 1.29 is 28.9 Å². The van der Waals surface area contributed by atoms with Gasteiger partial charge in [-0.2, -0.15) is 0 Å². The number of rotatable bonds is 5. The monoisotopic (exact) mass is 527 g/mol. The van der Waals surface area contributed by atoms with Crippen LogP contribution in [0.1, 0.15) is 43.4 Å². The number of halogens is 1. The van der Waals surface area contributed by atoms with E-state index >= 15 is 0 Å². The molecule has 1 aliphatic carbocycles. The van der Waals surface area contributed by atoms with E-state index in [4.69, 9.17) is 14.2 Å². The molecule has 0 bridgehead atoms. The number of methoxy groups -OCH3 is 1. The number of anilines is 1. The van der Waals surface area contributed by atoms with Crippen molar-refractivity contribution in [2.24, 2.45) is 0 Å². The summed E-state index contributed by atoms with van der Waals surface area (Å²) in [6, 6.07) is 11.9. The van der Waals surface area contributed by atoms with Crippen molar-refractivity contribution in [3.8, 4) is 5.75 Å². The second kappa shape index (κ2) is 8.83. The highest BCUT2D eigenvalue weighted by Gasteiger charge is 2.56. The van der Waals surface area contributed by atoms with Crippen molar-refractivity contribution in [1.29, 1.82) is 0 Å². The van der Waals surface area contributed by atoms with Crippen LogP contribution in [0.5, 0.6) is 5.75 Å². The fourth-order valence-corrected chi connectivity index (χ4v) is 5.39. The maximum absolute atomic E-state index is 14.0. The molecule has 2 aromatic carbocycles. The van der Waals surface area contributed by atoms with E-state index in [1.165, 1.54) is 4.90 Å². The number of aliphatic hydroxyl groups is 1. The number of carbonyl (C=O) groups excluding carboxylic acids is 2. The quantitative estimate of drug-likeness (QED) is 0.604. The van der Waals surface area contributed by atoms with Gasteiger partial charge >= 0.3 is 0 Å². The lowest BCUT2D eigenvalue weighted by Gasteiger charge is -2.41. The molecule has 2 heterocycles. The topological polar surface area (TPSA) is 85.3 Å². The number of fused-ring (bicyclic) bond motifs is 3. The van der Waals surface area contributed by atoms with E-state index in [0.717, 1.165) is 23.7 Å². The Bertz CT molecular complexity index is 1170. The van der Waals surface area contributed by atoms with Crippen molar-refractivity contribution in [2.45, 2.75) is 43.9 Å². The first-order valence-corrected chi connectivity index (χ1v) is 12.1. The van der Waals surface area contributed by atoms with Crippen LogP contribution in [0.15, 0.2) is 58.3 Å². The van der Waals surface area contributed by atoms with Gasteiger partial charge < -0.3 is 19.3 Å². The summed E-state index contributed by atoms with van der Waals surface area (Å²) in [6.45, 7) is 2.48. The van der Waals surface area contributed by atoms with Gasteiger partial charge in [-0.3, -0.25) is 14.5 Å². The molecule has 1 N–H and O–H groups in total. The van der Waals surface area contributed by atoms with Crippen LogP contribution in [0.2, 0.25) is 0 Å². The second-order valence-electron chi connectivity index (χ2n) is 9.01. The first-order valence-electron chi connectivity index (χ1n) is 11.3. The number of aliphatic hydroxyl groups excluding tert-OH is 1. The lowest BCUT2D eigenvalue weighted by molar-refractivity contribution is -0.172. The largest absolute Gasteiger partial charge is 0.503 e. The van der Waals surface area contributed by atoms with E-state index in [9.17, 15) is 14.7 Å². The fourth-order valence-electron chi connectivity index (χ4n) is 5.13. The third kappa shape index (κ3) is 3.56. The van der Waals surface area contributed by atoms with Crippen LogP contribution >= 0.6 is 15.9 Å². The Balaban J connectivity index is 1.64. The zero-order chi connectivity index (χ0) is 24.0. The number of amides is 1. The summed E-state index contributed by atoms with van der Waals surface area (Å²) in [5.74, 6) is -0.945. The average molecular weight is 528 g/mol. The van der Waals surface area contributed by atoms with Gasteiger partial charge in [0.15, 0.2) is 17.8 Å². The standard InChI is InChI=1S/C26H26BrNO6/c1-26(14-34-19-8-3-4-13-33-19)17-6-5-7-18(32-2)20(17)22-21(24(26)30)23(29)25(31)28(22)16-11-9-15(27)10-12-16/h5-7,9-12,19,22,29H,3-4,8,13-14H2,1-2H3. The molecule has 8 heteroatoms. The molecule has 3 unspecified atom stereocenters. The molecular weight excluding hydrogens is 502 g/mol. The van der Waals surface area contributed by atoms with Gasteiger partial charge in [-0.25, -0.2) is 0 Å². The number of ketones is 1. The van der Waals surface area contributed by atoms with Crippen molar-refractivity contribution in [3.63, 3.8) is 0 Å². The summed E-state index contributed by atoms with van der Waals surface area (Å²) in [5, 5.41) is 10.9. The molecule has 1 fully saturated rings. The van der Waals surface area contributed by atoms with Gasteiger partial charge in [0.05, 0.1) is 30.7 Å². The summed E-state index contributed by atoms with van der Waals surface area (Å²) >= 11 is 3.41. The molecule has 178 valence electrons. The minimum Gasteiger partial charge on any atom is -0.503 e. The molecule has 5 rings (SSSR count). The number of hydrogen-bond acceptors (Lipinski definition) is 6. The van der Waals surface area contributed by atoms with E-state index in [1.807, 2.05) is 24.3 Å². The highest BCUT2D eigenvalue weighted by atomic mass is 79.9. The van der Waals surface area contributed by atoms with E-state index in [1.54, 1.807) is 32.2 Å². The Hall–Kier alpha value is -2.68. The molecule has 1 saturated heterocycles. The van der Waals surface area contributed by atoms with Gasteiger partial charge in [0.2, 0.25) is 0 Å². The highest BCUT2D eigenvalue weighted by Crippen LogP contribution is 2.53. The third-order valence-corrected chi connectivity index (χ3v) is 7.44. The molecule has 2 aliphatic heterocycles. The lowest BCUT2D eigenvalue weighted by atomic mass is 9.66. The maximum atomic E-state index is 14.0. The van der Waals surface area contributed by atoms with Gasteiger partial charge in [0.25, 0.3) is 5.91 Å². The second-order valence-corrected chi connectivity index (χ2v) is 9.92. The summed E-state index contributed by atoms with van der Waals surface area (Å²) in [7, 11) is 1.56. The molecular formula is C26H26BrNO6. The summed E-state index contributed by atoms with van der Waals surface area (Å²) in [6.07, 6.45) is 2.38. The van der Waals surface area contributed by atoms with Crippen LogP contribution in [0, 0.1) is 0 Å². The molecule has 0 saturated carbocycles. The zero-order valence-electron chi connectivity index (χ0n) is 19.0. The lowest BCUT2D eigenvalue weighted by Crippen LogP contribution is -2.47. The Morgan fingerprint density at radius 3 is 2.62 bits per heavy atom. The number of Topliss-reactive ketones (excluding diaryl/α,β-unsaturated/α-hetero) is 1. The molecule has 34 heavy (non-hydrogen) atoms. The van der Waals surface area contributed by atoms with Crippen LogP contribution in [0.3, 0.4) is 0 Å². The molecule has 0 aromatic heterocycles. The Morgan fingerprint density at radius 2 is 1.94 bits per heavy atom. The fraction of sp³-hybridized carbons (Fsp3) is 0.385. The Labute approximate surface area is 206 Å². The summed E-state index contributed by atoms with van der Waals surface area (Å²) in [5.41, 5.74) is 0.905. The molecule has 0 spiro atoms. The maximum Gasteiger partial charge on any atom is 0.294 e. The van der Waals surface area contributed by atoms with Crippen LogP contribution < -0.4 is 9.64 Å². The zero-order valence-corrected chi connectivity index (χ0v) is 20.6. The van der Waals surface area contributed by atoms with Crippen molar-refractivity contribution in [3.05, 3.63) is 69.4 Å². The Morgan fingerprint density at radius 1 is 1.18 bits per heavy atom. The minimum absolute atomic E-state index is 0.0621. The normalized spacial score (nSPS) is 26.5. The van der Waals surface area contributed by atoms with Crippen molar-refractivity contribution in [2.75, 3.05) is 25.2 Å². The minimum atomic E-state index is -1.12. The highest BCUT2D eigenvalue weighted by molar-refractivity contribution is 9.10. The van der Waals surface area contributed by atoms with Crippen molar-refractivity contribution >= 4 is 33.3 Å². The molecule has 7 nitrogen and oxygen atoms in total. The number of carbonyl (C=O) groups is 2. The predicted molar refractivity (Wildman–Crippen MR) is 129 cm³/mol. The van der Waals surface area contributed by atoms with Gasteiger partial charge in [0, 0.05) is 22.3 Å². The number of nitrogens with zero attached hydrogens (tertiary/aromatic N) is 1.